The quantitative estimate of drug-likeness (QED) is 0.669. The molecule has 0 N–H and O–H groups in total. The third-order valence-electron chi connectivity index (χ3n) is 1.68. The lowest BCUT2D eigenvalue weighted by Crippen LogP contribution is -1.87. The third kappa shape index (κ3) is 2.24. The maximum Gasteiger partial charge on any atom is 0.0991 e. The molecule has 2 nitrogen and oxygen atoms in total. The molecule has 0 aliphatic carbocycles. The van der Waals surface area contributed by atoms with Crippen LogP contribution >= 0.6 is 11.8 Å². The van der Waals surface area contributed by atoms with Gasteiger partial charge in [0.05, 0.1) is 24.1 Å². The zero-order chi connectivity index (χ0) is 9.68. The van der Waals surface area contributed by atoms with Crippen LogP contribution in [0.1, 0.15) is 11.1 Å². The average Bonchev–Trinajstić information content (AvgIpc) is 2.18. The van der Waals surface area contributed by atoms with Crippen LogP contribution in [0.2, 0.25) is 0 Å². The zero-order valence-electron chi connectivity index (χ0n) is 7.24. The number of hydrogen-bond donors (Lipinski definition) is 0. The van der Waals surface area contributed by atoms with Gasteiger partial charge < -0.3 is 0 Å². The van der Waals surface area contributed by atoms with Gasteiger partial charge in [-0.25, -0.2) is 0 Å². The van der Waals surface area contributed by atoms with E-state index in [9.17, 15) is 0 Å². The molecule has 0 saturated carbocycles. The van der Waals surface area contributed by atoms with E-state index < -0.39 is 0 Å². The molecular weight excluding hydrogens is 180 g/mol. The fraction of sp³-hybridized carbons (Fsp3) is 0.200. The smallest absolute Gasteiger partial charge is 0.0991 e. The van der Waals surface area contributed by atoms with Crippen molar-refractivity contribution < 1.29 is 0 Å². The van der Waals surface area contributed by atoms with E-state index in [1.807, 2.05) is 12.3 Å². The number of nitrogens with zero attached hydrogens (tertiary/aromatic N) is 2. The lowest BCUT2D eigenvalue weighted by atomic mass is 10.1. The summed E-state index contributed by atoms with van der Waals surface area (Å²) in [6.07, 6.45) is 2.33. The van der Waals surface area contributed by atoms with Gasteiger partial charge in [-0.1, -0.05) is 0 Å². The van der Waals surface area contributed by atoms with E-state index in [4.69, 9.17) is 10.5 Å². The maximum absolute atomic E-state index is 8.65. The van der Waals surface area contributed by atoms with Crippen molar-refractivity contribution in [3.8, 4) is 12.1 Å². The minimum atomic E-state index is 0.367. The Morgan fingerprint density at radius 3 is 2.69 bits per heavy atom. The number of hydrogen-bond acceptors (Lipinski definition) is 3. The molecule has 1 aromatic rings. The van der Waals surface area contributed by atoms with Crippen molar-refractivity contribution in [3.05, 3.63) is 29.3 Å². The Labute approximate surface area is 81.8 Å². The highest BCUT2D eigenvalue weighted by Crippen LogP contribution is 2.21. The Morgan fingerprint density at radius 2 is 2.15 bits per heavy atom. The largest absolute Gasteiger partial charge is 0.198 e. The molecule has 0 aliphatic rings. The maximum atomic E-state index is 8.65. The van der Waals surface area contributed by atoms with Crippen molar-refractivity contribution >= 4 is 11.8 Å². The van der Waals surface area contributed by atoms with Gasteiger partial charge in [0.25, 0.3) is 0 Å². The summed E-state index contributed by atoms with van der Waals surface area (Å²) in [5, 5.41) is 17.2. The van der Waals surface area contributed by atoms with Crippen molar-refractivity contribution in [2.24, 2.45) is 0 Å². The summed E-state index contributed by atoms with van der Waals surface area (Å²) in [6.45, 7) is 0. The Morgan fingerprint density at radius 1 is 1.38 bits per heavy atom. The first-order valence-electron chi connectivity index (χ1n) is 3.75. The summed E-state index contributed by atoms with van der Waals surface area (Å²) in [5.74, 6) is 0. The van der Waals surface area contributed by atoms with Crippen LogP contribution in [0.15, 0.2) is 23.1 Å². The summed E-state index contributed by atoms with van der Waals surface area (Å²) in [6, 6.07) is 9.57. The predicted molar refractivity (Wildman–Crippen MR) is 52.3 cm³/mol. The molecular formula is C10H8N2S. The topological polar surface area (TPSA) is 47.6 Å². The first kappa shape index (κ1) is 9.64. The molecule has 64 valence electrons. The zero-order valence-corrected chi connectivity index (χ0v) is 8.06. The second-order valence-electron chi connectivity index (χ2n) is 2.47. The van der Waals surface area contributed by atoms with Gasteiger partial charge in [-0.3, -0.25) is 0 Å². The lowest BCUT2D eigenvalue weighted by Gasteiger charge is -2.02. The van der Waals surface area contributed by atoms with E-state index in [2.05, 4.69) is 12.1 Å². The standard InChI is InChI=1S/C10H8N2S/c1-13-10-3-2-8(7-12)6-9(10)4-5-11/h2-3,6H,4H2,1H3. The van der Waals surface area contributed by atoms with Crippen LogP contribution in [-0.2, 0) is 6.42 Å². The minimum absolute atomic E-state index is 0.367. The predicted octanol–water partition coefficient (Wildman–Crippen LogP) is 2.35. The number of nitriles is 2. The Balaban J connectivity index is 3.13. The van der Waals surface area contributed by atoms with E-state index >= 15 is 0 Å². The highest BCUT2D eigenvalue weighted by molar-refractivity contribution is 7.98. The molecule has 1 aromatic carbocycles. The Hall–Kier alpha value is -1.45. The van der Waals surface area contributed by atoms with Crippen LogP contribution in [0, 0.1) is 22.7 Å². The van der Waals surface area contributed by atoms with Gasteiger partial charge >= 0.3 is 0 Å². The van der Waals surface area contributed by atoms with Crippen molar-refractivity contribution in [1.29, 1.82) is 10.5 Å². The summed E-state index contributed by atoms with van der Waals surface area (Å²) < 4.78 is 0. The molecule has 0 heterocycles. The second-order valence-corrected chi connectivity index (χ2v) is 3.32. The molecule has 0 bridgehead atoms. The fourth-order valence-electron chi connectivity index (χ4n) is 1.07. The number of rotatable bonds is 2. The van der Waals surface area contributed by atoms with Crippen LogP contribution in [0.3, 0.4) is 0 Å². The first-order valence-corrected chi connectivity index (χ1v) is 4.98. The van der Waals surface area contributed by atoms with Crippen LogP contribution in [-0.4, -0.2) is 6.26 Å². The molecule has 0 unspecified atom stereocenters. The Bertz CT molecular complexity index is 385. The summed E-state index contributed by atoms with van der Waals surface area (Å²) >= 11 is 1.59. The van der Waals surface area contributed by atoms with Gasteiger partial charge in [-0.05, 0) is 30.0 Å². The van der Waals surface area contributed by atoms with Crippen molar-refractivity contribution in [2.75, 3.05) is 6.26 Å². The van der Waals surface area contributed by atoms with E-state index in [1.54, 1.807) is 23.9 Å². The minimum Gasteiger partial charge on any atom is -0.198 e. The van der Waals surface area contributed by atoms with Gasteiger partial charge in [0.2, 0.25) is 0 Å². The van der Waals surface area contributed by atoms with Crippen LogP contribution in [0.25, 0.3) is 0 Å². The second kappa shape index (κ2) is 4.54. The normalized spacial score (nSPS) is 8.85. The average molecular weight is 188 g/mol. The molecule has 0 aliphatic heterocycles. The van der Waals surface area contributed by atoms with Crippen molar-refractivity contribution in [2.45, 2.75) is 11.3 Å². The van der Waals surface area contributed by atoms with Gasteiger partial charge in [0, 0.05) is 4.90 Å². The molecule has 0 spiro atoms. The van der Waals surface area contributed by atoms with Crippen LogP contribution in [0.4, 0.5) is 0 Å². The van der Waals surface area contributed by atoms with Crippen molar-refractivity contribution in [3.63, 3.8) is 0 Å². The Kier molecular flexibility index (Phi) is 3.37. The van der Waals surface area contributed by atoms with E-state index in [0.717, 1.165) is 10.5 Å². The lowest BCUT2D eigenvalue weighted by molar-refractivity contribution is 1.18. The fourth-order valence-corrected chi connectivity index (χ4v) is 1.67. The highest BCUT2D eigenvalue weighted by atomic mass is 32.2. The van der Waals surface area contributed by atoms with E-state index in [1.165, 1.54) is 0 Å². The molecule has 1 rings (SSSR count). The van der Waals surface area contributed by atoms with Crippen LogP contribution in [0.5, 0.6) is 0 Å². The molecule has 0 aromatic heterocycles. The number of benzene rings is 1. The van der Waals surface area contributed by atoms with Gasteiger partial charge in [0.15, 0.2) is 0 Å². The molecule has 0 amide bonds. The third-order valence-corrected chi connectivity index (χ3v) is 2.52. The monoisotopic (exact) mass is 188 g/mol. The molecule has 3 heteroatoms. The van der Waals surface area contributed by atoms with E-state index in [-0.39, 0.29) is 0 Å². The summed E-state index contributed by atoms with van der Waals surface area (Å²) in [5.41, 5.74) is 1.55. The molecule has 13 heavy (non-hydrogen) atoms. The molecule has 0 radical (unpaired) electrons. The SMILES string of the molecule is CSc1ccc(C#N)cc1CC#N. The number of thioether (sulfide) groups is 1. The molecule has 0 atom stereocenters. The van der Waals surface area contributed by atoms with Gasteiger partial charge in [-0.15, -0.1) is 11.8 Å². The van der Waals surface area contributed by atoms with Crippen molar-refractivity contribution in [1.82, 2.24) is 0 Å². The van der Waals surface area contributed by atoms with Gasteiger partial charge in [0.1, 0.15) is 0 Å². The van der Waals surface area contributed by atoms with Crippen LogP contribution < -0.4 is 0 Å². The summed E-state index contributed by atoms with van der Waals surface area (Å²) in [7, 11) is 0. The van der Waals surface area contributed by atoms with E-state index in [0.29, 0.717) is 12.0 Å². The van der Waals surface area contributed by atoms with Gasteiger partial charge in [-0.2, -0.15) is 10.5 Å². The highest BCUT2D eigenvalue weighted by Gasteiger charge is 2.01. The molecule has 0 saturated heterocycles. The first-order chi connectivity index (χ1) is 6.31. The molecule has 0 fully saturated rings. The summed E-state index contributed by atoms with van der Waals surface area (Å²) in [4.78, 5) is 1.07.